The minimum absolute atomic E-state index is 0. The first kappa shape index (κ1) is 16.8. The molecule has 0 amide bonds. The molecule has 0 aromatic heterocycles. The molecule has 92 valence electrons. The number of quaternary nitrogens is 1. The predicted octanol–water partition coefficient (Wildman–Crippen LogP) is 1.45. The zero-order chi connectivity index (χ0) is 10.6. The molecule has 0 radical (unpaired) electrons. The van der Waals surface area contributed by atoms with Gasteiger partial charge in [0.1, 0.15) is 0 Å². The highest BCUT2D eigenvalue weighted by Gasteiger charge is 1.90. The smallest absolute Gasteiger partial charge is 0.0414 e. The molecule has 0 aliphatic carbocycles. The van der Waals surface area contributed by atoms with Gasteiger partial charge in [0.15, 0.2) is 0 Å². The van der Waals surface area contributed by atoms with Gasteiger partial charge in [0.25, 0.3) is 0 Å². The zero-order valence-corrected chi connectivity index (χ0v) is 10.2. The summed E-state index contributed by atoms with van der Waals surface area (Å²) in [4.78, 5) is 10.1. The van der Waals surface area contributed by atoms with Crippen LogP contribution in [-0.2, 0) is 4.79 Å². The Labute approximate surface area is 93.0 Å². The number of carbonyl (C=O) groups is 1. The van der Waals surface area contributed by atoms with Crippen molar-refractivity contribution in [2.24, 2.45) is 0 Å². The third-order valence-corrected chi connectivity index (χ3v) is 2.19. The van der Waals surface area contributed by atoms with E-state index in [1.807, 2.05) is 0 Å². The number of carboxylic acid groups (broad SMARTS) is 1. The zero-order valence-electron chi connectivity index (χ0n) is 10.2. The number of carboxylic acids is 1. The minimum atomic E-state index is -0.930. The van der Waals surface area contributed by atoms with Gasteiger partial charge in [0.2, 0.25) is 0 Å². The summed E-state index contributed by atoms with van der Waals surface area (Å²) in [6, 6.07) is 0. The Balaban J connectivity index is 0. The quantitative estimate of drug-likeness (QED) is 0.544. The second-order valence-electron chi connectivity index (χ2n) is 3.64. The lowest BCUT2D eigenvalue weighted by atomic mass is 10.2. The molecule has 0 aliphatic heterocycles. The van der Waals surface area contributed by atoms with Gasteiger partial charge in [0, 0.05) is 5.97 Å². The Morgan fingerprint density at radius 1 is 1.07 bits per heavy atom. The maximum atomic E-state index is 10.1. The molecule has 0 rings (SSSR count). The molecule has 0 saturated carbocycles. The molecule has 4 heteroatoms. The lowest BCUT2D eigenvalue weighted by Crippen LogP contribution is -2.21. The van der Waals surface area contributed by atoms with Gasteiger partial charge in [-0.25, -0.2) is 0 Å². The number of nitrogens with one attached hydrogen (secondary N) is 1. The monoisotopic (exact) mass is 218 g/mol. The average Bonchev–Trinajstić information content (AvgIpc) is 2.15. The molecule has 0 aromatic rings. The van der Waals surface area contributed by atoms with Crippen LogP contribution in [0.1, 0.15) is 51.9 Å². The summed E-state index contributed by atoms with van der Waals surface area (Å²) in [5, 5.41) is 13.4. The highest BCUT2D eigenvalue weighted by molar-refractivity contribution is 5.63. The maximum absolute atomic E-state index is 10.1. The second kappa shape index (κ2) is 13.4. The molecular weight excluding hydrogens is 192 g/mol. The van der Waals surface area contributed by atoms with E-state index in [2.05, 4.69) is 12.2 Å². The van der Waals surface area contributed by atoms with E-state index in [1.54, 1.807) is 0 Å². The SMILES string of the molecule is CCCCCNCCCCCC(=O)[O-].[NH4+]. The van der Waals surface area contributed by atoms with E-state index >= 15 is 0 Å². The van der Waals surface area contributed by atoms with Gasteiger partial charge in [-0.1, -0.05) is 26.2 Å². The van der Waals surface area contributed by atoms with Gasteiger partial charge in [-0.2, -0.15) is 0 Å². The van der Waals surface area contributed by atoms with Crippen molar-refractivity contribution < 1.29 is 9.90 Å². The average molecular weight is 218 g/mol. The molecule has 5 N–H and O–H groups in total. The molecule has 0 heterocycles. The van der Waals surface area contributed by atoms with E-state index < -0.39 is 5.97 Å². The molecule has 0 spiro atoms. The van der Waals surface area contributed by atoms with Crippen LogP contribution in [0.25, 0.3) is 0 Å². The Morgan fingerprint density at radius 2 is 1.67 bits per heavy atom. The Bertz CT molecular complexity index is 141. The van der Waals surface area contributed by atoms with E-state index in [-0.39, 0.29) is 12.6 Å². The molecule has 0 aromatic carbocycles. The van der Waals surface area contributed by atoms with Crippen molar-refractivity contribution >= 4 is 5.97 Å². The maximum Gasteiger partial charge on any atom is 0.0414 e. The summed E-state index contributed by atoms with van der Waals surface area (Å²) in [5.74, 6) is -0.930. The molecule has 0 saturated heterocycles. The lowest BCUT2D eigenvalue weighted by Gasteiger charge is -2.04. The van der Waals surface area contributed by atoms with Crippen molar-refractivity contribution in [3.05, 3.63) is 0 Å². The highest BCUT2D eigenvalue weighted by atomic mass is 16.4. The van der Waals surface area contributed by atoms with E-state index in [4.69, 9.17) is 0 Å². The molecule has 15 heavy (non-hydrogen) atoms. The van der Waals surface area contributed by atoms with Gasteiger partial charge in [-0.15, -0.1) is 0 Å². The van der Waals surface area contributed by atoms with Crippen molar-refractivity contribution in [3.8, 4) is 0 Å². The van der Waals surface area contributed by atoms with Crippen LogP contribution in [0.5, 0.6) is 0 Å². The second-order valence-corrected chi connectivity index (χ2v) is 3.64. The molecule has 0 aliphatic rings. The first-order chi connectivity index (χ1) is 6.77. The first-order valence-corrected chi connectivity index (χ1v) is 5.68. The Morgan fingerprint density at radius 3 is 2.20 bits per heavy atom. The Hall–Kier alpha value is -0.610. The number of rotatable bonds is 10. The fourth-order valence-electron chi connectivity index (χ4n) is 1.32. The number of unbranched alkanes of at least 4 members (excludes halogenated alkanes) is 4. The topological polar surface area (TPSA) is 88.7 Å². The summed E-state index contributed by atoms with van der Waals surface area (Å²) in [7, 11) is 0. The van der Waals surface area contributed by atoms with Crippen molar-refractivity contribution in [1.29, 1.82) is 0 Å². The summed E-state index contributed by atoms with van der Waals surface area (Å²) in [6.07, 6.45) is 6.80. The minimum Gasteiger partial charge on any atom is -0.550 e. The molecule has 0 unspecified atom stereocenters. The third-order valence-electron chi connectivity index (χ3n) is 2.19. The fourth-order valence-corrected chi connectivity index (χ4v) is 1.32. The van der Waals surface area contributed by atoms with E-state index in [0.717, 1.165) is 32.4 Å². The summed E-state index contributed by atoms with van der Waals surface area (Å²) in [6.45, 7) is 4.30. The van der Waals surface area contributed by atoms with Crippen molar-refractivity contribution in [2.75, 3.05) is 13.1 Å². The number of hydrogen-bond donors (Lipinski definition) is 2. The number of carbonyl (C=O) groups excluding carboxylic acids is 1. The summed E-state index contributed by atoms with van der Waals surface area (Å²) in [5.41, 5.74) is 0. The van der Waals surface area contributed by atoms with Crippen LogP contribution < -0.4 is 16.6 Å². The van der Waals surface area contributed by atoms with E-state index in [0.29, 0.717) is 0 Å². The van der Waals surface area contributed by atoms with Crippen LogP contribution in [0.15, 0.2) is 0 Å². The normalized spacial score (nSPS) is 9.67. The standard InChI is InChI=1S/C11H23NO2.H3N/c1-2-3-6-9-12-10-7-4-5-8-11(13)14;/h12H,2-10H2,1H3,(H,13,14);1H3. The fraction of sp³-hybridized carbons (Fsp3) is 0.909. The van der Waals surface area contributed by atoms with Gasteiger partial charge >= 0.3 is 0 Å². The largest absolute Gasteiger partial charge is 0.550 e. The van der Waals surface area contributed by atoms with Crippen molar-refractivity contribution in [3.63, 3.8) is 0 Å². The van der Waals surface area contributed by atoms with Crippen molar-refractivity contribution in [1.82, 2.24) is 11.5 Å². The molecular formula is C11H26N2O2. The summed E-state index contributed by atoms with van der Waals surface area (Å²) >= 11 is 0. The lowest BCUT2D eigenvalue weighted by molar-refractivity contribution is -0.305. The summed E-state index contributed by atoms with van der Waals surface area (Å²) < 4.78 is 0. The van der Waals surface area contributed by atoms with Crippen LogP contribution in [-0.4, -0.2) is 19.1 Å². The molecule has 0 atom stereocenters. The number of aliphatic carboxylic acids is 1. The predicted molar refractivity (Wildman–Crippen MR) is 61.9 cm³/mol. The van der Waals surface area contributed by atoms with Crippen LogP contribution >= 0.6 is 0 Å². The molecule has 0 bridgehead atoms. The van der Waals surface area contributed by atoms with Crippen LogP contribution in [0, 0.1) is 0 Å². The van der Waals surface area contributed by atoms with Crippen LogP contribution in [0.2, 0.25) is 0 Å². The third kappa shape index (κ3) is 16.1. The van der Waals surface area contributed by atoms with Crippen molar-refractivity contribution in [2.45, 2.75) is 51.9 Å². The highest BCUT2D eigenvalue weighted by Crippen LogP contribution is 1.98. The van der Waals surface area contributed by atoms with Crippen LogP contribution in [0.4, 0.5) is 0 Å². The molecule has 0 fully saturated rings. The first-order valence-electron chi connectivity index (χ1n) is 5.68. The molecule has 4 nitrogen and oxygen atoms in total. The van der Waals surface area contributed by atoms with Gasteiger partial charge in [-0.3, -0.25) is 0 Å². The van der Waals surface area contributed by atoms with Gasteiger partial charge in [-0.05, 0) is 38.8 Å². The van der Waals surface area contributed by atoms with Crippen LogP contribution in [0.3, 0.4) is 0 Å². The van der Waals surface area contributed by atoms with E-state index in [1.165, 1.54) is 19.3 Å². The van der Waals surface area contributed by atoms with Gasteiger partial charge in [0.05, 0.1) is 0 Å². The Kier molecular flexibility index (Phi) is 15.0. The van der Waals surface area contributed by atoms with E-state index in [9.17, 15) is 9.90 Å². The van der Waals surface area contributed by atoms with Gasteiger partial charge < -0.3 is 21.4 Å². The number of hydrogen-bond acceptors (Lipinski definition) is 3.